The fraction of sp³-hybridized carbons (Fsp3) is 0.0714. The first-order chi connectivity index (χ1) is 7.92. The molecule has 0 aliphatic carbocycles. The molecule has 0 amide bonds. The molecule has 0 fully saturated rings. The van der Waals surface area contributed by atoms with E-state index < -0.39 is 0 Å². The average molecular weight is 226 g/mol. The van der Waals surface area contributed by atoms with Gasteiger partial charge in [-0.1, -0.05) is 47.7 Å². The molecule has 78 valence electrons. The summed E-state index contributed by atoms with van der Waals surface area (Å²) in [5.41, 5.74) is 3.48. The molecule has 1 heterocycles. The third-order valence-corrected chi connectivity index (χ3v) is 3.38. The van der Waals surface area contributed by atoms with Gasteiger partial charge in [-0.15, -0.1) is 0 Å². The highest BCUT2D eigenvalue weighted by Crippen LogP contribution is 2.15. The minimum Gasteiger partial charge on any atom is -0.191 e. The summed E-state index contributed by atoms with van der Waals surface area (Å²) < 4.78 is 2.20. The minimum atomic E-state index is 0.953. The summed E-state index contributed by atoms with van der Waals surface area (Å²) in [6, 6.07) is 15.1. The van der Waals surface area contributed by atoms with Gasteiger partial charge in [-0.2, -0.15) is 4.57 Å². The molecule has 2 aromatic carbocycles. The Morgan fingerprint density at radius 1 is 1.00 bits per heavy atom. The molecule has 3 rings (SSSR count). The van der Waals surface area contributed by atoms with Crippen LogP contribution in [0.25, 0.3) is 10.8 Å². The molecule has 0 saturated heterocycles. The molecule has 0 bridgehead atoms. The number of aromatic nitrogens is 1. The molecule has 16 heavy (non-hydrogen) atoms. The highest BCUT2D eigenvalue weighted by Gasteiger charge is 2.03. The van der Waals surface area contributed by atoms with Gasteiger partial charge < -0.3 is 0 Å². The van der Waals surface area contributed by atoms with Crippen LogP contribution in [-0.2, 0) is 6.54 Å². The highest BCUT2D eigenvalue weighted by molar-refractivity contribution is 7.07. The van der Waals surface area contributed by atoms with Gasteiger partial charge >= 0.3 is 0 Å². The monoisotopic (exact) mass is 226 g/mol. The maximum Gasteiger partial charge on any atom is 0.224 e. The standard InChI is InChI=1S/C14H12NS/c1-2-4-14-9-12(5-6-13(14)3-1)10-15-7-8-16-11-15/h1-9,11H,10H2/q+1. The van der Waals surface area contributed by atoms with Crippen molar-refractivity contribution in [1.82, 2.24) is 0 Å². The quantitative estimate of drug-likeness (QED) is 0.591. The van der Waals surface area contributed by atoms with Crippen LogP contribution >= 0.6 is 11.3 Å². The predicted molar refractivity (Wildman–Crippen MR) is 67.6 cm³/mol. The number of hydrogen-bond acceptors (Lipinski definition) is 1. The fourth-order valence-electron chi connectivity index (χ4n) is 1.90. The first kappa shape index (κ1) is 9.55. The minimum absolute atomic E-state index is 0.953. The molecule has 0 unspecified atom stereocenters. The second-order valence-electron chi connectivity index (χ2n) is 3.88. The summed E-state index contributed by atoms with van der Waals surface area (Å²) in [6.45, 7) is 0.953. The molecule has 1 aromatic heterocycles. The Labute approximate surface area is 98.6 Å². The van der Waals surface area contributed by atoms with Crippen LogP contribution in [0.3, 0.4) is 0 Å². The number of rotatable bonds is 2. The van der Waals surface area contributed by atoms with Crippen molar-refractivity contribution in [3.8, 4) is 0 Å². The maximum absolute atomic E-state index is 2.26. The van der Waals surface area contributed by atoms with E-state index in [1.165, 1.54) is 16.3 Å². The molecule has 3 aromatic rings. The normalized spacial score (nSPS) is 10.8. The van der Waals surface area contributed by atoms with Crippen molar-refractivity contribution in [3.63, 3.8) is 0 Å². The lowest BCUT2D eigenvalue weighted by Crippen LogP contribution is -2.30. The Morgan fingerprint density at radius 2 is 1.88 bits per heavy atom. The maximum atomic E-state index is 2.26. The molecule has 0 aliphatic heterocycles. The second kappa shape index (κ2) is 4.06. The number of nitrogens with zero attached hydrogens (tertiary/aromatic N) is 1. The van der Waals surface area contributed by atoms with E-state index in [1.807, 2.05) is 0 Å². The van der Waals surface area contributed by atoms with Crippen LogP contribution in [0.5, 0.6) is 0 Å². The molecule has 0 saturated carbocycles. The van der Waals surface area contributed by atoms with E-state index in [-0.39, 0.29) is 0 Å². The lowest BCUT2D eigenvalue weighted by molar-refractivity contribution is -0.683. The first-order valence-electron chi connectivity index (χ1n) is 5.31. The molecular formula is C14H12NS+. The van der Waals surface area contributed by atoms with Crippen molar-refractivity contribution < 1.29 is 4.57 Å². The third-order valence-electron chi connectivity index (χ3n) is 2.71. The Bertz CT molecular complexity index is 599. The first-order valence-corrected chi connectivity index (χ1v) is 6.25. The van der Waals surface area contributed by atoms with Crippen molar-refractivity contribution in [1.29, 1.82) is 0 Å². The number of benzene rings is 2. The van der Waals surface area contributed by atoms with Crippen molar-refractivity contribution in [3.05, 3.63) is 65.1 Å². The fourth-order valence-corrected chi connectivity index (χ4v) is 2.50. The Kier molecular flexibility index (Phi) is 2.43. The zero-order chi connectivity index (χ0) is 10.8. The average Bonchev–Trinajstić information content (AvgIpc) is 2.82. The summed E-state index contributed by atoms with van der Waals surface area (Å²) in [4.78, 5) is 0. The highest BCUT2D eigenvalue weighted by atomic mass is 32.1. The molecule has 0 N–H and O–H groups in total. The number of hydrogen-bond donors (Lipinski definition) is 0. The Balaban J connectivity index is 1.99. The van der Waals surface area contributed by atoms with Crippen LogP contribution in [0.4, 0.5) is 0 Å². The van der Waals surface area contributed by atoms with Gasteiger partial charge in [0.2, 0.25) is 5.51 Å². The van der Waals surface area contributed by atoms with Crippen molar-refractivity contribution in [2.75, 3.05) is 0 Å². The van der Waals surface area contributed by atoms with E-state index in [0.29, 0.717) is 0 Å². The largest absolute Gasteiger partial charge is 0.224 e. The molecule has 0 atom stereocenters. The van der Waals surface area contributed by atoms with Crippen molar-refractivity contribution in [2.24, 2.45) is 0 Å². The van der Waals surface area contributed by atoms with Gasteiger partial charge in [0.1, 0.15) is 0 Å². The summed E-state index contributed by atoms with van der Waals surface area (Å²) in [5.74, 6) is 0. The van der Waals surface area contributed by atoms with Gasteiger partial charge in [0.15, 0.2) is 12.7 Å². The number of fused-ring (bicyclic) bond motifs is 1. The van der Waals surface area contributed by atoms with E-state index in [0.717, 1.165) is 6.54 Å². The van der Waals surface area contributed by atoms with Crippen LogP contribution in [0, 0.1) is 0 Å². The van der Waals surface area contributed by atoms with E-state index in [1.54, 1.807) is 11.3 Å². The van der Waals surface area contributed by atoms with Gasteiger partial charge in [-0.25, -0.2) is 0 Å². The van der Waals surface area contributed by atoms with Crippen LogP contribution in [-0.4, -0.2) is 0 Å². The van der Waals surface area contributed by atoms with Crippen molar-refractivity contribution in [2.45, 2.75) is 6.54 Å². The van der Waals surface area contributed by atoms with Gasteiger partial charge in [-0.05, 0) is 16.8 Å². The summed E-state index contributed by atoms with van der Waals surface area (Å²) in [7, 11) is 0. The van der Waals surface area contributed by atoms with Crippen LogP contribution in [0.2, 0.25) is 0 Å². The molecule has 0 aliphatic rings. The van der Waals surface area contributed by atoms with E-state index in [4.69, 9.17) is 0 Å². The van der Waals surface area contributed by atoms with Crippen LogP contribution in [0.15, 0.2) is 59.6 Å². The van der Waals surface area contributed by atoms with E-state index >= 15 is 0 Å². The van der Waals surface area contributed by atoms with E-state index in [9.17, 15) is 0 Å². The molecule has 2 heteroatoms. The van der Waals surface area contributed by atoms with Gasteiger partial charge in [0.25, 0.3) is 0 Å². The van der Waals surface area contributed by atoms with Crippen LogP contribution < -0.4 is 4.57 Å². The smallest absolute Gasteiger partial charge is 0.191 e. The van der Waals surface area contributed by atoms with Crippen molar-refractivity contribution >= 4 is 22.1 Å². The topological polar surface area (TPSA) is 3.88 Å². The summed E-state index contributed by atoms with van der Waals surface area (Å²) >= 11 is 1.73. The zero-order valence-corrected chi connectivity index (χ0v) is 9.65. The SMILES string of the molecule is c1ccc2cc(C[n+]3ccsc3)ccc2c1. The van der Waals surface area contributed by atoms with Gasteiger partial charge in [0.05, 0.1) is 5.38 Å². The lowest BCUT2D eigenvalue weighted by Gasteiger charge is -1.99. The molecule has 0 radical (unpaired) electrons. The molecular weight excluding hydrogens is 214 g/mol. The van der Waals surface area contributed by atoms with E-state index in [2.05, 4.69) is 64.1 Å². The number of thiazole rings is 1. The lowest BCUT2D eigenvalue weighted by atomic mass is 10.1. The van der Waals surface area contributed by atoms with Crippen LogP contribution in [0.1, 0.15) is 5.56 Å². The summed E-state index contributed by atoms with van der Waals surface area (Å²) in [6.07, 6.45) is 2.11. The molecule has 1 nitrogen and oxygen atoms in total. The Morgan fingerprint density at radius 3 is 2.69 bits per heavy atom. The predicted octanol–water partition coefficient (Wildman–Crippen LogP) is 3.24. The summed E-state index contributed by atoms with van der Waals surface area (Å²) in [5, 5.41) is 4.72. The second-order valence-corrected chi connectivity index (χ2v) is 4.64. The molecule has 0 spiro atoms. The zero-order valence-electron chi connectivity index (χ0n) is 8.84. The van der Waals surface area contributed by atoms with Gasteiger partial charge in [0, 0.05) is 5.56 Å². The van der Waals surface area contributed by atoms with Gasteiger partial charge in [-0.3, -0.25) is 0 Å². The Hall–Kier alpha value is -1.67. The third kappa shape index (κ3) is 1.84.